The fourth-order valence-electron chi connectivity index (χ4n) is 3.48. The predicted octanol–water partition coefficient (Wildman–Crippen LogP) is 3.05. The zero-order valence-corrected chi connectivity index (χ0v) is 16.8. The summed E-state index contributed by atoms with van der Waals surface area (Å²) < 4.78 is 27.2. The molecule has 0 saturated carbocycles. The maximum Gasteiger partial charge on any atom is 0.243 e. The molecule has 0 aliphatic carbocycles. The first-order valence-corrected chi connectivity index (χ1v) is 11.3. The number of rotatable bonds is 3. The number of sulfonamides is 1. The molecular weight excluding hydrogens is 380 g/mol. The third-order valence-electron chi connectivity index (χ3n) is 4.89. The van der Waals surface area contributed by atoms with E-state index >= 15 is 0 Å². The monoisotopic (exact) mass is 402 g/mol. The summed E-state index contributed by atoms with van der Waals surface area (Å²) in [6, 6.07) is 6.27. The number of carbonyl (C=O) groups is 1. The summed E-state index contributed by atoms with van der Waals surface area (Å²) in [4.78, 5) is 14.5. The lowest BCUT2D eigenvalue weighted by Crippen LogP contribution is -2.54. The van der Waals surface area contributed by atoms with E-state index in [0.29, 0.717) is 31.0 Å². The van der Waals surface area contributed by atoms with E-state index in [1.807, 2.05) is 18.7 Å². The van der Waals surface area contributed by atoms with Crippen molar-refractivity contribution in [2.24, 2.45) is 5.92 Å². The second-order valence-electron chi connectivity index (χ2n) is 6.80. The Kier molecular flexibility index (Phi) is 5.40. The highest BCUT2D eigenvalue weighted by Gasteiger charge is 2.48. The Morgan fingerprint density at radius 3 is 2.32 bits per heavy atom. The van der Waals surface area contributed by atoms with Crippen LogP contribution in [0.1, 0.15) is 26.7 Å². The molecule has 2 aliphatic heterocycles. The SMILES string of the molecule is CC(C)C(=O)N1CCSC12CCN(S(=O)(=O)c1ccc(Cl)cc1)CC2. The van der Waals surface area contributed by atoms with E-state index < -0.39 is 10.0 Å². The van der Waals surface area contributed by atoms with Gasteiger partial charge in [0.25, 0.3) is 0 Å². The zero-order chi connectivity index (χ0) is 18.2. The van der Waals surface area contributed by atoms with Gasteiger partial charge < -0.3 is 4.90 Å². The minimum Gasteiger partial charge on any atom is -0.327 e. The molecule has 2 heterocycles. The number of benzene rings is 1. The fourth-order valence-corrected chi connectivity index (χ4v) is 6.51. The van der Waals surface area contributed by atoms with Crippen LogP contribution in [0.3, 0.4) is 0 Å². The Labute approximate surface area is 158 Å². The Morgan fingerprint density at radius 1 is 1.16 bits per heavy atom. The molecule has 0 unspecified atom stereocenters. The smallest absolute Gasteiger partial charge is 0.243 e. The highest BCUT2D eigenvalue weighted by Crippen LogP contribution is 2.45. The number of nitrogens with zero attached hydrogens (tertiary/aromatic N) is 2. The third-order valence-corrected chi connectivity index (χ3v) is 8.61. The molecule has 138 valence electrons. The number of amides is 1. The maximum absolute atomic E-state index is 12.8. The third kappa shape index (κ3) is 3.56. The Morgan fingerprint density at radius 2 is 1.76 bits per heavy atom. The molecule has 3 rings (SSSR count). The van der Waals surface area contributed by atoms with Crippen molar-refractivity contribution >= 4 is 39.3 Å². The van der Waals surface area contributed by atoms with Crippen molar-refractivity contribution < 1.29 is 13.2 Å². The first-order chi connectivity index (χ1) is 11.8. The second-order valence-corrected chi connectivity index (χ2v) is 10.6. The molecule has 1 aromatic carbocycles. The van der Waals surface area contributed by atoms with Gasteiger partial charge in [0.15, 0.2) is 0 Å². The standard InChI is InChI=1S/C17H23ClN2O3S2/c1-13(2)16(21)20-11-12-24-17(20)7-9-19(10-8-17)25(22,23)15-5-3-14(18)4-6-15/h3-6,13H,7-12H2,1-2H3. The van der Waals surface area contributed by atoms with Gasteiger partial charge >= 0.3 is 0 Å². The minimum absolute atomic E-state index is 0.0357. The van der Waals surface area contributed by atoms with Gasteiger partial charge in [0.2, 0.25) is 15.9 Å². The molecule has 1 amide bonds. The first kappa shape index (κ1) is 19.0. The molecule has 1 spiro atoms. The van der Waals surface area contributed by atoms with Crippen molar-refractivity contribution in [3.63, 3.8) is 0 Å². The summed E-state index contributed by atoms with van der Waals surface area (Å²) in [5.41, 5.74) is 0. The van der Waals surface area contributed by atoms with Crippen LogP contribution in [-0.4, -0.2) is 53.8 Å². The molecule has 2 saturated heterocycles. The molecule has 0 radical (unpaired) electrons. The summed E-state index contributed by atoms with van der Waals surface area (Å²) in [5, 5.41) is 0.516. The quantitative estimate of drug-likeness (QED) is 0.779. The predicted molar refractivity (Wildman–Crippen MR) is 101 cm³/mol. The topological polar surface area (TPSA) is 57.7 Å². The van der Waals surface area contributed by atoms with Crippen molar-refractivity contribution in [1.82, 2.24) is 9.21 Å². The van der Waals surface area contributed by atoms with Crippen LogP contribution in [0.2, 0.25) is 5.02 Å². The van der Waals surface area contributed by atoms with Crippen LogP contribution in [-0.2, 0) is 14.8 Å². The van der Waals surface area contributed by atoms with Gasteiger partial charge in [-0.1, -0.05) is 25.4 Å². The Hall–Kier alpha value is -0.760. The number of hydrogen-bond donors (Lipinski definition) is 0. The van der Waals surface area contributed by atoms with Gasteiger partial charge in [-0.15, -0.1) is 11.8 Å². The maximum atomic E-state index is 12.8. The van der Waals surface area contributed by atoms with E-state index in [2.05, 4.69) is 0 Å². The average molecular weight is 403 g/mol. The van der Waals surface area contributed by atoms with Gasteiger partial charge in [-0.05, 0) is 37.1 Å². The highest BCUT2D eigenvalue weighted by atomic mass is 35.5. The van der Waals surface area contributed by atoms with Gasteiger partial charge in [0.1, 0.15) is 0 Å². The summed E-state index contributed by atoms with van der Waals surface area (Å²) in [6.45, 7) is 5.45. The summed E-state index contributed by atoms with van der Waals surface area (Å²) in [7, 11) is -3.52. The fraction of sp³-hybridized carbons (Fsp3) is 0.588. The van der Waals surface area contributed by atoms with E-state index in [1.165, 1.54) is 4.31 Å². The molecule has 0 N–H and O–H groups in total. The lowest BCUT2D eigenvalue weighted by molar-refractivity contribution is -0.137. The van der Waals surface area contributed by atoms with Crippen molar-refractivity contribution in [3.8, 4) is 0 Å². The Balaban J connectivity index is 1.75. The van der Waals surface area contributed by atoms with Gasteiger partial charge in [0, 0.05) is 36.3 Å². The number of piperidine rings is 1. The normalized spacial score (nSPS) is 21.2. The Bertz CT molecular complexity index is 742. The van der Waals surface area contributed by atoms with E-state index in [1.54, 1.807) is 36.0 Å². The lowest BCUT2D eigenvalue weighted by Gasteiger charge is -2.44. The molecule has 25 heavy (non-hydrogen) atoms. The van der Waals surface area contributed by atoms with Crippen LogP contribution in [0.4, 0.5) is 0 Å². The van der Waals surface area contributed by atoms with Gasteiger partial charge in [-0.2, -0.15) is 4.31 Å². The lowest BCUT2D eigenvalue weighted by atomic mass is 10.0. The van der Waals surface area contributed by atoms with Crippen LogP contribution in [0.25, 0.3) is 0 Å². The van der Waals surface area contributed by atoms with E-state index in [4.69, 9.17) is 11.6 Å². The molecule has 8 heteroatoms. The highest BCUT2D eigenvalue weighted by molar-refractivity contribution is 8.00. The van der Waals surface area contributed by atoms with Gasteiger partial charge in [-0.25, -0.2) is 8.42 Å². The van der Waals surface area contributed by atoms with Crippen LogP contribution in [0.5, 0.6) is 0 Å². The molecule has 0 aromatic heterocycles. The van der Waals surface area contributed by atoms with Gasteiger partial charge in [-0.3, -0.25) is 4.79 Å². The van der Waals surface area contributed by atoms with E-state index in [9.17, 15) is 13.2 Å². The first-order valence-electron chi connectivity index (χ1n) is 8.47. The number of halogens is 1. The van der Waals surface area contributed by atoms with Crippen molar-refractivity contribution in [2.75, 3.05) is 25.4 Å². The van der Waals surface area contributed by atoms with Gasteiger partial charge in [0.05, 0.1) is 9.77 Å². The summed E-state index contributed by atoms with van der Waals surface area (Å²) in [6.07, 6.45) is 1.34. The largest absolute Gasteiger partial charge is 0.327 e. The molecule has 1 aromatic rings. The molecule has 2 aliphatic rings. The molecule has 0 atom stereocenters. The van der Waals surface area contributed by atoms with Crippen molar-refractivity contribution in [3.05, 3.63) is 29.3 Å². The van der Waals surface area contributed by atoms with E-state index in [-0.39, 0.29) is 21.6 Å². The number of hydrogen-bond acceptors (Lipinski definition) is 4. The number of carbonyl (C=O) groups excluding carboxylic acids is 1. The molecular formula is C17H23ClN2O3S2. The molecule has 5 nitrogen and oxygen atoms in total. The minimum atomic E-state index is -3.52. The number of thioether (sulfide) groups is 1. The average Bonchev–Trinajstić information content (AvgIpc) is 2.98. The van der Waals surface area contributed by atoms with Crippen LogP contribution in [0.15, 0.2) is 29.2 Å². The van der Waals surface area contributed by atoms with Crippen LogP contribution < -0.4 is 0 Å². The second kappa shape index (κ2) is 7.10. The van der Waals surface area contributed by atoms with Crippen LogP contribution in [0, 0.1) is 5.92 Å². The molecule has 2 fully saturated rings. The van der Waals surface area contributed by atoms with Crippen molar-refractivity contribution in [2.45, 2.75) is 36.5 Å². The summed E-state index contributed by atoms with van der Waals surface area (Å²) >= 11 is 7.65. The molecule has 0 bridgehead atoms. The van der Waals surface area contributed by atoms with E-state index in [0.717, 1.165) is 12.3 Å². The zero-order valence-electron chi connectivity index (χ0n) is 14.4. The summed E-state index contributed by atoms with van der Waals surface area (Å²) in [5.74, 6) is 1.05. The van der Waals surface area contributed by atoms with Crippen molar-refractivity contribution in [1.29, 1.82) is 0 Å². The van der Waals surface area contributed by atoms with Crippen LogP contribution >= 0.6 is 23.4 Å².